The summed E-state index contributed by atoms with van der Waals surface area (Å²) in [4.78, 5) is 14.8. The lowest BCUT2D eigenvalue weighted by molar-refractivity contribution is 1.07. The van der Waals surface area contributed by atoms with Gasteiger partial charge in [-0.05, 0) is 70.8 Å². The summed E-state index contributed by atoms with van der Waals surface area (Å²) in [5.74, 6) is 1.94. The van der Waals surface area contributed by atoms with Gasteiger partial charge in [-0.2, -0.15) is 0 Å². The lowest BCUT2D eigenvalue weighted by Crippen LogP contribution is -2.00. The maximum absolute atomic E-state index is 4.97. The van der Waals surface area contributed by atoms with Crippen molar-refractivity contribution in [2.75, 3.05) is 0 Å². The van der Waals surface area contributed by atoms with Crippen molar-refractivity contribution in [1.82, 2.24) is 24.1 Å². The predicted molar refractivity (Wildman–Crippen MR) is 256 cm³/mol. The molecule has 5 nitrogen and oxygen atoms in total. The Morgan fingerprint density at radius 1 is 0.258 bits per heavy atom. The van der Waals surface area contributed by atoms with E-state index in [4.69, 9.17) is 15.0 Å². The van der Waals surface area contributed by atoms with Crippen molar-refractivity contribution < 1.29 is 0 Å². The normalized spacial score (nSPS) is 11.5. The van der Waals surface area contributed by atoms with E-state index in [2.05, 4.69) is 173 Å². The fraction of sp³-hybridized carbons (Fsp3) is 0. The topological polar surface area (TPSA) is 48.5 Å². The van der Waals surface area contributed by atoms with Crippen LogP contribution in [0, 0.1) is 0 Å². The minimum absolute atomic E-state index is 0.639. The molecule has 0 fully saturated rings. The Morgan fingerprint density at radius 2 is 0.694 bits per heavy atom. The van der Waals surface area contributed by atoms with Crippen LogP contribution in [0.5, 0.6) is 0 Å². The van der Waals surface area contributed by atoms with Gasteiger partial charge in [-0.25, -0.2) is 15.0 Å². The standard InChI is InChI=1S/C57H37N5/c1-4-16-39(17-5-1)55-58-56(40-18-6-2-7-19-40)60-57(59-55)41-32-30-38(31-33-41)46-26-15-29-52-54(46)49-25-11-13-28-51(49)62(52)45-23-14-20-42(36-45)43-34-35-48-47-24-10-12-27-50(47)61(53(48)37-43)44-21-8-3-9-22-44/h1-37H. The number of rotatable bonds is 7. The van der Waals surface area contributed by atoms with Crippen LogP contribution in [-0.4, -0.2) is 24.1 Å². The molecule has 0 radical (unpaired) electrons. The van der Waals surface area contributed by atoms with Gasteiger partial charge < -0.3 is 9.13 Å². The zero-order valence-corrected chi connectivity index (χ0v) is 33.6. The van der Waals surface area contributed by atoms with Crippen LogP contribution in [0.2, 0.25) is 0 Å². The summed E-state index contributed by atoms with van der Waals surface area (Å²) < 4.78 is 4.79. The van der Waals surface area contributed by atoms with E-state index in [1.54, 1.807) is 0 Å². The Labute approximate surface area is 358 Å². The minimum atomic E-state index is 0.639. The van der Waals surface area contributed by atoms with Crippen molar-refractivity contribution in [2.45, 2.75) is 0 Å². The van der Waals surface area contributed by atoms with Crippen LogP contribution in [0.1, 0.15) is 0 Å². The van der Waals surface area contributed by atoms with Crippen molar-refractivity contribution in [1.29, 1.82) is 0 Å². The maximum atomic E-state index is 4.97. The highest BCUT2D eigenvalue weighted by Crippen LogP contribution is 2.40. The average Bonchev–Trinajstić information content (AvgIpc) is 3.87. The van der Waals surface area contributed by atoms with Gasteiger partial charge in [0.25, 0.3) is 0 Å². The van der Waals surface area contributed by atoms with Crippen molar-refractivity contribution >= 4 is 43.6 Å². The van der Waals surface area contributed by atoms with Crippen LogP contribution in [0.3, 0.4) is 0 Å². The summed E-state index contributed by atoms with van der Waals surface area (Å²) in [7, 11) is 0. The van der Waals surface area contributed by atoms with E-state index < -0.39 is 0 Å². The number of fused-ring (bicyclic) bond motifs is 6. The summed E-state index contributed by atoms with van der Waals surface area (Å²) in [5.41, 5.74) is 14.4. The van der Waals surface area contributed by atoms with Gasteiger partial charge in [0.05, 0.1) is 22.1 Å². The molecule has 62 heavy (non-hydrogen) atoms. The van der Waals surface area contributed by atoms with Gasteiger partial charge in [0.1, 0.15) is 0 Å². The number of aromatic nitrogens is 5. The summed E-state index contributed by atoms with van der Waals surface area (Å²) in [6.45, 7) is 0. The second kappa shape index (κ2) is 14.7. The van der Waals surface area contributed by atoms with Crippen LogP contribution in [0.15, 0.2) is 224 Å². The molecule has 290 valence electrons. The quantitative estimate of drug-likeness (QED) is 0.162. The molecule has 0 aliphatic heterocycles. The third kappa shape index (κ3) is 5.98. The molecule has 0 unspecified atom stereocenters. The van der Waals surface area contributed by atoms with Gasteiger partial charge in [0.15, 0.2) is 17.5 Å². The van der Waals surface area contributed by atoms with Crippen LogP contribution >= 0.6 is 0 Å². The number of hydrogen-bond acceptors (Lipinski definition) is 3. The SMILES string of the molecule is c1ccc(-c2nc(-c3ccccc3)nc(-c3ccc(-c4cccc5c4c4ccccc4n5-c4cccc(-c5ccc6c7ccccc7n(-c7ccccc7)c6c5)c4)cc3)n2)cc1. The van der Waals surface area contributed by atoms with Crippen molar-refractivity contribution in [3.8, 4) is 67.8 Å². The van der Waals surface area contributed by atoms with Gasteiger partial charge in [0, 0.05) is 49.6 Å². The molecule has 0 N–H and O–H groups in total. The van der Waals surface area contributed by atoms with E-state index in [0.29, 0.717) is 17.5 Å². The van der Waals surface area contributed by atoms with E-state index in [9.17, 15) is 0 Å². The molecule has 0 bridgehead atoms. The maximum Gasteiger partial charge on any atom is 0.164 e. The minimum Gasteiger partial charge on any atom is -0.309 e. The first-order valence-electron chi connectivity index (χ1n) is 20.9. The Balaban J connectivity index is 0.958. The summed E-state index contributed by atoms with van der Waals surface area (Å²) in [6.07, 6.45) is 0. The van der Waals surface area contributed by atoms with E-state index in [-0.39, 0.29) is 0 Å². The van der Waals surface area contributed by atoms with Gasteiger partial charge in [-0.3, -0.25) is 0 Å². The first-order chi connectivity index (χ1) is 30.7. The lowest BCUT2D eigenvalue weighted by Gasteiger charge is -2.12. The Kier molecular flexibility index (Phi) is 8.42. The zero-order chi connectivity index (χ0) is 41.0. The van der Waals surface area contributed by atoms with Gasteiger partial charge in [-0.15, -0.1) is 0 Å². The smallest absolute Gasteiger partial charge is 0.164 e. The molecule has 0 atom stereocenters. The highest BCUT2D eigenvalue weighted by Gasteiger charge is 2.19. The molecule has 9 aromatic carbocycles. The molecule has 0 saturated heterocycles. The monoisotopic (exact) mass is 791 g/mol. The highest BCUT2D eigenvalue weighted by molar-refractivity contribution is 6.16. The molecule has 0 spiro atoms. The van der Waals surface area contributed by atoms with Crippen molar-refractivity contribution in [3.63, 3.8) is 0 Å². The molecule has 0 amide bonds. The van der Waals surface area contributed by atoms with Gasteiger partial charge in [0.2, 0.25) is 0 Å². The Hall–Kier alpha value is -8.41. The third-order valence-corrected chi connectivity index (χ3v) is 12.0. The number of nitrogens with zero attached hydrogens (tertiary/aromatic N) is 5. The van der Waals surface area contributed by atoms with E-state index in [0.717, 1.165) is 50.2 Å². The van der Waals surface area contributed by atoms with Crippen LogP contribution in [0.4, 0.5) is 0 Å². The second-order valence-corrected chi connectivity index (χ2v) is 15.6. The zero-order valence-electron chi connectivity index (χ0n) is 33.6. The van der Waals surface area contributed by atoms with E-state index >= 15 is 0 Å². The van der Waals surface area contributed by atoms with Gasteiger partial charge in [-0.1, -0.05) is 176 Å². The van der Waals surface area contributed by atoms with Crippen LogP contribution < -0.4 is 0 Å². The molecule has 3 heterocycles. The largest absolute Gasteiger partial charge is 0.309 e. The second-order valence-electron chi connectivity index (χ2n) is 15.6. The molecule has 0 saturated carbocycles. The van der Waals surface area contributed by atoms with Crippen LogP contribution in [0.25, 0.3) is 111 Å². The molecule has 0 aliphatic carbocycles. The van der Waals surface area contributed by atoms with Crippen molar-refractivity contribution in [3.05, 3.63) is 224 Å². The molecule has 3 aromatic heterocycles. The molecule has 5 heteroatoms. The first kappa shape index (κ1) is 35.5. The molecule has 12 rings (SSSR count). The fourth-order valence-electron chi connectivity index (χ4n) is 9.10. The Bertz CT molecular complexity index is 3550. The number of para-hydroxylation sites is 3. The molecular weight excluding hydrogens is 755 g/mol. The van der Waals surface area contributed by atoms with E-state index in [1.165, 1.54) is 43.7 Å². The Morgan fingerprint density at radius 3 is 1.37 bits per heavy atom. The first-order valence-corrected chi connectivity index (χ1v) is 20.9. The van der Waals surface area contributed by atoms with Gasteiger partial charge >= 0.3 is 0 Å². The summed E-state index contributed by atoms with van der Waals surface area (Å²) in [6, 6.07) is 79.4. The predicted octanol–water partition coefficient (Wildman–Crippen LogP) is 14.4. The summed E-state index contributed by atoms with van der Waals surface area (Å²) in [5, 5.41) is 4.92. The highest BCUT2D eigenvalue weighted by atomic mass is 15.0. The number of benzene rings is 9. The molecular formula is C57H37N5. The average molecular weight is 792 g/mol. The van der Waals surface area contributed by atoms with Crippen LogP contribution in [-0.2, 0) is 0 Å². The third-order valence-electron chi connectivity index (χ3n) is 12.0. The van der Waals surface area contributed by atoms with Crippen molar-refractivity contribution in [2.24, 2.45) is 0 Å². The molecule has 12 aromatic rings. The number of hydrogen-bond donors (Lipinski definition) is 0. The molecule has 0 aliphatic rings. The lowest BCUT2D eigenvalue weighted by atomic mass is 9.98. The van der Waals surface area contributed by atoms with E-state index in [1.807, 2.05) is 60.7 Å². The fourth-order valence-corrected chi connectivity index (χ4v) is 9.10. The summed E-state index contributed by atoms with van der Waals surface area (Å²) >= 11 is 0.